The van der Waals surface area contributed by atoms with Crippen molar-refractivity contribution in [3.8, 4) is 0 Å². The quantitative estimate of drug-likeness (QED) is 0.616. The number of carbonyl (C=O) groups is 2. The van der Waals surface area contributed by atoms with Crippen LogP contribution < -0.4 is 0 Å². The van der Waals surface area contributed by atoms with Crippen molar-refractivity contribution >= 4 is 11.6 Å². The molecule has 0 spiro atoms. The topological polar surface area (TPSA) is 34.1 Å². The molecule has 124 valence electrons. The number of ketones is 2. The van der Waals surface area contributed by atoms with Crippen molar-refractivity contribution < 1.29 is 9.59 Å². The number of carbonyl (C=O) groups excluding carboxylic acids is 2. The van der Waals surface area contributed by atoms with E-state index in [1.807, 2.05) is 79.7 Å². The molecular weight excluding hydrogens is 308 g/mol. The Kier molecular flexibility index (Phi) is 4.90. The SMILES string of the molecule is CC(=O)c1ccc(Cc2ccc(C(=O)c3ccc(C)cc3)cc2)cc1. The largest absolute Gasteiger partial charge is 0.295 e. The third-order valence-corrected chi connectivity index (χ3v) is 4.30. The molecule has 0 atom stereocenters. The lowest BCUT2D eigenvalue weighted by atomic mass is 9.98. The van der Waals surface area contributed by atoms with Crippen LogP contribution in [0, 0.1) is 6.92 Å². The molecule has 0 fully saturated rings. The molecule has 0 saturated carbocycles. The molecule has 0 saturated heterocycles. The fraction of sp³-hybridized carbons (Fsp3) is 0.130. The first kappa shape index (κ1) is 16.8. The summed E-state index contributed by atoms with van der Waals surface area (Å²) in [6.45, 7) is 3.57. The summed E-state index contributed by atoms with van der Waals surface area (Å²) >= 11 is 0. The van der Waals surface area contributed by atoms with E-state index in [9.17, 15) is 9.59 Å². The molecule has 3 rings (SSSR count). The second kappa shape index (κ2) is 7.27. The van der Waals surface area contributed by atoms with Gasteiger partial charge in [-0.1, -0.05) is 78.4 Å². The van der Waals surface area contributed by atoms with E-state index in [0.717, 1.165) is 28.7 Å². The second-order valence-corrected chi connectivity index (χ2v) is 6.32. The van der Waals surface area contributed by atoms with Crippen LogP contribution in [-0.4, -0.2) is 11.6 Å². The minimum absolute atomic E-state index is 0.0392. The minimum Gasteiger partial charge on any atom is -0.295 e. The van der Waals surface area contributed by atoms with Crippen molar-refractivity contribution in [2.24, 2.45) is 0 Å². The summed E-state index contributed by atoms with van der Waals surface area (Å²) < 4.78 is 0. The Balaban J connectivity index is 1.72. The van der Waals surface area contributed by atoms with Gasteiger partial charge < -0.3 is 0 Å². The first-order valence-corrected chi connectivity index (χ1v) is 8.33. The molecule has 0 unspecified atom stereocenters. The summed E-state index contributed by atoms with van der Waals surface area (Å²) in [7, 11) is 0. The van der Waals surface area contributed by atoms with Crippen LogP contribution in [-0.2, 0) is 6.42 Å². The van der Waals surface area contributed by atoms with Crippen LogP contribution in [0.15, 0.2) is 72.8 Å². The fourth-order valence-corrected chi connectivity index (χ4v) is 2.74. The van der Waals surface area contributed by atoms with Crippen LogP contribution in [0.4, 0.5) is 0 Å². The number of hydrogen-bond acceptors (Lipinski definition) is 2. The van der Waals surface area contributed by atoms with Crippen molar-refractivity contribution in [1.82, 2.24) is 0 Å². The van der Waals surface area contributed by atoms with Crippen LogP contribution in [0.3, 0.4) is 0 Å². The average molecular weight is 328 g/mol. The van der Waals surface area contributed by atoms with Gasteiger partial charge in [0.05, 0.1) is 0 Å². The summed E-state index contributed by atoms with van der Waals surface area (Å²) in [5.74, 6) is 0.114. The Hall–Kier alpha value is -3.00. The lowest BCUT2D eigenvalue weighted by Gasteiger charge is -2.06. The molecule has 0 radical (unpaired) electrons. The Morgan fingerprint density at radius 1 is 0.640 bits per heavy atom. The van der Waals surface area contributed by atoms with Crippen molar-refractivity contribution in [2.45, 2.75) is 20.3 Å². The average Bonchev–Trinajstić information content (AvgIpc) is 2.63. The number of Topliss-reactive ketones (excluding diaryl/α,β-unsaturated/α-hetero) is 1. The van der Waals surface area contributed by atoms with E-state index >= 15 is 0 Å². The third-order valence-electron chi connectivity index (χ3n) is 4.30. The van der Waals surface area contributed by atoms with Gasteiger partial charge in [-0.2, -0.15) is 0 Å². The van der Waals surface area contributed by atoms with E-state index in [4.69, 9.17) is 0 Å². The maximum atomic E-state index is 12.5. The lowest BCUT2D eigenvalue weighted by molar-refractivity contribution is 0.101. The molecule has 0 heterocycles. The summed E-state index contributed by atoms with van der Waals surface area (Å²) in [5.41, 5.74) is 5.54. The zero-order chi connectivity index (χ0) is 17.8. The highest BCUT2D eigenvalue weighted by molar-refractivity contribution is 6.09. The van der Waals surface area contributed by atoms with E-state index in [1.165, 1.54) is 0 Å². The highest BCUT2D eigenvalue weighted by Crippen LogP contribution is 2.15. The number of hydrogen-bond donors (Lipinski definition) is 0. The molecule has 2 nitrogen and oxygen atoms in total. The zero-order valence-corrected chi connectivity index (χ0v) is 14.5. The van der Waals surface area contributed by atoms with Crippen molar-refractivity contribution in [3.63, 3.8) is 0 Å². The Bertz CT molecular complexity index is 886. The van der Waals surface area contributed by atoms with Crippen LogP contribution >= 0.6 is 0 Å². The van der Waals surface area contributed by atoms with Gasteiger partial charge in [-0.05, 0) is 31.4 Å². The molecule has 25 heavy (non-hydrogen) atoms. The van der Waals surface area contributed by atoms with Gasteiger partial charge in [0.15, 0.2) is 11.6 Å². The fourth-order valence-electron chi connectivity index (χ4n) is 2.74. The van der Waals surface area contributed by atoms with E-state index in [2.05, 4.69) is 0 Å². The van der Waals surface area contributed by atoms with Gasteiger partial charge in [-0.15, -0.1) is 0 Å². The molecule has 3 aromatic rings. The number of aryl methyl sites for hydroxylation is 1. The van der Waals surface area contributed by atoms with Gasteiger partial charge in [0.1, 0.15) is 0 Å². The van der Waals surface area contributed by atoms with Gasteiger partial charge in [0.2, 0.25) is 0 Å². The number of benzene rings is 3. The van der Waals surface area contributed by atoms with E-state index in [0.29, 0.717) is 11.1 Å². The Morgan fingerprint density at radius 3 is 1.48 bits per heavy atom. The van der Waals surface area contributed by atoms with E-state index in [-0.39, 0.29) is 11.6 Å². The Morgan fingerprint density at radius 2 is 1.04 bits per heavy atom. The third kappa shape index (κ3) is 4.10. The molecule has 0 aliphatic carbocycles. The van der Waals surface area contributed by atoms with Crippen molar-refractivity contribution in [3.05, 3.63) is 106 Å². The second-order valence-electron chi connectivity index (χ2n) is 6.32. The summed E-state index contributed by atoms with van der Waals surface area (Å²) in [6.07, 6.45) is 0.775. The first-order chi connectivity index (χ1) is 12.0. The van der Waals surface area contributed by atoms with Gasteiger partial charge in [0, 0.05) is 16.7 Å². The van der Waals surface area contributed by atoms with E-state index in [1.54, 1.807) is 6.92 Å². The molecule has 0 aliphatic heterocycles. The summed E-state index contributed by atoms with van der Waals surface area (Å²) in [5, 5.41) is 0. The maximum absolute atomic E-state index is 12.5. The normalized spacial score (nSPS) is 10.5. The van der Waals surface area contributed by atoms with Crippen LogP contribution in [0.5, 0.6) is 0 Å². The van der Waals surface area contributed by atoms with Gasteiger partial charge in [0.25, 0.3) is 0 Å². The minimum atomic E-state index is 0.0392. The molecule has 0 aromatic heterocycles. The first-order valence-electron chi connectivity index (χ1n) is 8.33. The summed E-state index contributed by atoms with van der Waals surface area (Å²) in [6, 6.07) is 23.0. The zero-order valence-electron chi connectivity index (χ0n) is 14.5. The lowest BCUT2D eigenvalue weighted by Crippen LogP contribution is -2.01. The van der Waals surface area contributed by atoms with Gasteiger partial charge in [-0.3, -0.25) is 9.59 Å². The van der Waals surface area contributed by atoms with Crippen LogP contribution in [0.2, 0.25) is 0 Å². The van der Waals surface area contributed by atoms with Crippen molar-refractivity contribution in [2.75, 3.05) is 0 Å². The highest BCUT2D eigenvalue weighted by Gasteiger charge is 2.09. The molecule has 0 amide bonds. The standard InChI is InChI=1S/C23H20O2/c1-16-3-9-21(10-4-16)23(25)22-13-7-19(8-14-22)15-18-5-11-20(12-6-18)17(2)24/h3-14H,15H2,1-2H3. The van der Waals surface area contributed by atoms with Crippen molar-refractivity contribution in [1.29, 1.82) is 0 Å². The Labute approximate surface area is 148 Å². The molecule has 0 aliphatic rings. The van der Waals surface area contributed by atoms with E-state index < -0.39 is 0 Å². The predicted molar refractivity (Wildman–Crippen MR) is 100 cm³/mol. The smallest absolute Gasteiger partial charge is 0.193 e. The molecule has 2 heteroatoms. The molecule has 0 bridgehead atoms. The van der Waals surface area contributed by atoms with Crippen LogP contribution in [0.1, 0.15) is 49.9 Å². The molecule has 3 aromatic carbocycles. The molecule has 0 N–H and O–H groups in total. The molecular formula is C23H20O2. The monoisotopic (exact) mass is 328 g/mol. The predicted octanol–water partition coefficient (Wildman–Crippen LogP) is 5.02. The van der Waals surface area contributed by atoms with Crippen LogP contribution in [0.25, 0.3) is 0 Å². The van der Waals surface area contributed by atoms with Gasteiger partial charge >= 0.3 is 0 Å². The summed E-state index contributed by atoms with van der Waals surface area (Å²) in [4.78, 5) is 23.8. The van der Waals surface area contributed by atoms with Gasteiger partial charge in [-0.25, -0.2) is 0 Å². The highest BCUT2D eigenvalue weighted by atomic mass is 16.1. The number of rotatable bonds is 5. The maximum Gasteiger partial charge on any atom is 0.193 e.